The van der Waals surface area contributed by atoms with Crippen LogP contribution in [0.4, 0.5) is 5.69 Å². The van der Waals surface area contributed by atoms with E-state index in [0.717, 1.165) is 17.7 Å². The molecule has 0 saturated carbocycles. The highest BCUT2D eigenvalue weighted by Crippen LogP contribution is 2.34. The minimum absolute atomic E-state index is 0.0284. The normalized spacial score (nSPS) is 21.5. The lowest BCUT2D eigenvalue weighted by atomic mass is 10.0. The van der Waals surface area contributed by atoms with Crippen molar-refractivity contribution in [3.63, 3.8) is 0 Å². The number of carbonyl (C=O) groups excluding carboxylic acids is 1. The molecule has 2 aromatic rings. The molecular formula is C26H32ClN5O9S3. The molecule has 240 valence electrons. The van der Waals surface area contributed by atoms with Gasteiger partial charge in [0.15, 0.2) is 0 Å². The summed E-state index contributed by atoms with van der Waals surface area (Å²) in [6, 6.07) is 7.39. The first-order valence-corrected chi connectivity index (χ1v) is 17.4. The Kier molecular flexibility index (Phi) is 10.5. The number of carboxylic acids is 2. The number of likely N-dealkylation sites (tertiary alicyclic amines) is 1. The maximum absolute atomic E-state index is 13.8. The number of fused-ring (bicyclic) bond motifs is 1. The molecule has 18 heteroatoms. The van der Waals surface area contributed by atoms with Gasteiger partial charge in [-0.15, -0.1) is 0 Å². The topological polar surface area (TPSA) is 225 Å². The average Bonchev–Trinajstić information content (AvgIpc) is 3.42. The molecule has 4 rings (SSSR count). The van der Waals surface area contributed by atoms with Gasteiger partial charge in [-0.2, -0.15) is 17.4 Å². The number of rotatable bonds is 12. The fourth-order valence-electron chi connectivity index (χ4n) is 5.30. The van der Waals surface area contributed by atoms with Crippen LogP contribution >= 0.6 is 24.2 Å². The number of carbonyl (C=O) groups is 3. The number of hydrogen-bond acceptors (Lipinski definition) is 10. The molecule has 2 aliphatic rings. The number of anilines is 1. The number of aryl methyl sites for hydroxylation is 1. The molecule has 5 atom stereocenters. The molecule has 1 amide bonds. The standard InChI is InChI=1S/C26H32ClN5O9S3/c27-15-11-17-21(13-20(15)43(28,38)39)44(40,41)31-22(29-17)12-19(42)23(24(33)32-10-4-7-18(32)26(36)37)30-16(25(34)35)9-8-14-5-2-1-3-6-14/h1-3,5-6,11,13,16,18-19,22-23,29-31,42H,4,7-10,12H2,(H,34,35)(H,36,37)(H2,28,38,39)/t16-,18-,19-,22+,23?/m0/s1. The molecule has 0 radical (unpaired) electrons. The van der Waals surface area contributed by atoms with Crippen molar-refractivity contribution < 1.29 is 41.4 Å². The van der Waals surface area contributed by atoms with E-state index in [-0.39, 0.29) is 36.5 Å². The zero-order valence-electron chi connectivity index (χ0n) is 23.1. The van der Waals surface area contributed by atoms with Crippen LogP contribution in [-0.2, 0) is 40.9 Å². The number of hydrogen-bond donors (Lipinski definition) is 7. The third kappa shape index (κ3) is 7.82. The number of carboxylic acid groups (broad SMARTS) is 2. The number of nitrogens with zero attached hydrogens (tertiary/aromatic N) is 1. The van der Waals surface area contributed by atoms with Crippen LogP contribution in [0, 0.1) is 0 Å². The van der Waals surface area contributed by atoms with Crippen molar-refractivity contribution in [2.24, 2.45) is 5.14 Å². The first-order chi connectivity index (χ1) is 20.6. The van der Waals surface area contributed by atoms with Crippen LogP contribution in [0.25, 0.3) is 0 Å². The van der Waals surface area contributed by atoms with E-state index in [4.69, 9.17) is 16.7 Å². The fraction of sp³-hybridized carbons (Fsp3) is 0.423. The van der Waals surface area contributed by atoms with Crippen molar-refractivity contribution in [3.8, 4) is 0 Å². The van der Waals surface area contributed by atoms with Gasteiger partial charge in [0.05, 0.1) is 22.9 Å². The predicted octanol–water partition coefficient (Wildman–Crippen LogP) is 0.826. The summed E-state index contributed by atoms with van der Waals surface area (Å²) in [6.07, 6.45) is -0.152. The highest BCUT2D eigenvalue weighted by atomic mass is 35.5. The third-order valence-electron chi connectivity index (χ3n) is 7.45. The van der Waals surface area contributed by atoms with Gasteiger partial charge in [0, 0.05) is 11.8 Å². The van der Waals surface area contributed by atoms with E-state index in [2.05, 4.69) is 28.0 Å². The quantitative estimate of drug-likeness (QED) is 0.155. The van der Waals surface area contributed by atoms with E-state index < -0.39 is 77.2 Å². The number of amides is 1. The minimum Gasteiger partial charge on any atom is -0.480 e. The fourth-order valence-corrected chi connectivity index (χ4v) is 8.24. The Labute approximate surface area is 264 Å². The van der Waals surface area contributed by atoms with Crippen LogP contribution in [0.1, 0.15) is 31.2 Å². The molecule has 2 aromatic carbocycles. The Morgan fingerprint density at radius 2 is 1.86 bits per heavy atom. The Balaban J connectivity index is 1.60. The number of nitrogens with one attached hydrogen (secondary N) is 3. The first kappa shape index (κ1) is 34.0. The lowest BCUT2D eigenvalue weighted by molar-refractivity contribution is -0.149. The van der Waals surface area contributed by atoms with E-state index in [1.165, 1.54) is 4.90 Å². The second kappa shape index (κ2) is 13.6. The van der Waals surface area contributed by atoms with Gasteiger partial charge < -0.3 is 20.4 Å². The molecule has 1 saturated heterocycles. The van der Waals surface area contributed by atoms with Crippen LogP contribution in [0.5, 0.6) is 0 Å². The molecule has 2 heterocycles. The van der Waals surface area contributed by atoms with E-state index in [9.17, 15) is 41.4 Å². The monoisotopic (exact) mass is 689 g/mol. The van der Waals surface area contributed by atoms with Gasteiger partial charge in [0.1, 0.15) is 21.9 Å². The lowest BCUT2D eigenvalue weighted by Gasteiger charge is -2.35. The van der Waals surface area contributed by atoms with E-state index in [0.29, 0.717) is 12.8 Å². The highest BCUT2D eigenvalue weighted by molar-refractivity contribution is 7.90. The third-order valence-corrected chi connectivity index (χ3v) is 10.8. The molecule has 0 spiro atoms. The highest BCUT2D eigenvalue weighted by Gasteiger charge is 2.42. The lowest BCUT2D eigenvalue weighted by Crippen LogP contribution is -2.59. The molecule has 1 fully saturated rings. The molecular weight excluding hydrogens is 658 g/mol. The van der Waals surface area contributed by atoms with Crippen molar-refractivity contribution in [2.75, 3.05) is 11.9 Å². The molecule has 1 unspecified atom stereocenters. The smallest absolute Gasteiger partial charge is 0.326 e. The van der Waals surface area contributed by atoms with Crippen LogP contribution in [0.15, 0.2) is 52.3 Å². The molecule has 0 bridgehead atoms. The van der Waals surface area contributed by atoms with Gasteiger partial charge in [0.2, 0.25) is 26.0 Å². The summed E-state index contributed by atoms with van der Waals surface area (Å²) in [6.45, 7) is 0.142. The minimum atomic E-state index is -4.33. The van der Waals surface area contributed by atoms with E-state index in [1.807, 2.05) is 30.3 Å². The first-order valence-electron chi connectivity index (χ1n) is 13.5. The number of benzene rings is 2. The predicted molar refractivity (Wildman–Crippen MR) is 163 cm³/mol. The van der Waals surface area contributed by atoms with Gasteiger partial charge in [-0.1, -0.05) is 41.9 Å². The van der Waals surface area contributed by atoms with Crippen molar-refractivity contribution in [3.05, 3.63) is 53.1 Å². The van der Waals surface area contributed by atoms with Crippen LogP contribution < -0.4 is 20.5 Å². The van der Waals surface area contributed by atoms with Crippen molar-refractivity contribution in [1.82, 2.24) is 14.9 Å². The number of halogens is 1. The Hall–Kier alpha value is -2.93. The largest absolute Gasteiger partial charge is 0.480 e. The average molecular weight is 690 g/mol. The summed E-state index contributed by atoms with van der Waals surface area (Å²) in [5.74, 6) is -3.11. The number of primary sulfonamides is 1. The second-order valence-corrected chi connectivity index (χ2v) is 14.8. The molecule has 14 nitrogen and oxygen atoms in total. The van der Waals surface area contributed by atoms with Crippen molar-refractivity contribution in [2.45, 2.75) is 71.4 Å². The summed E-state index contributed by atoms with van der Waals surface area (Å²) in [5.41, 5.74) is 0.847. The second-order valence-electron chi connectivity index (χ2n) is 10.5. The molecule has 44 heavy (non-hydrogen) atoms. The zero-order valence-corrected chi connectivity index (χ0v) is 26.4. The molecule has 7 N–H and O–H groups in total. The van der Waals surface area contributed by atoms with Gasteiger partial charge in [-0.25, -0.2) is 26.8 Å². The van der Waals surface area contributed by atoms with Crippen LogP contribution in [-0.4, -0.2) is 85.9 Å². The van der Waals surface area contributed by atoms with Gasteiger partial charge in [-0.3, -0.25) is 14.9 Å². The summed E-state index contributed by atoms with van der Waals surface area (Å²) < 4.78 is 52.3. The van der Waals surface area contributed by atoms with Crippen LogP contribution in [0.2, 0.25) is 5.02 Å². The maximum atomic E-state index is 13.8. The number of sulfonamides is 2. The summed E-state index contributed by atoms with van der Waals surface area (Å²) in [4.78, 5) is 38.1. The Morgan fingerprint density at radius 3 is 2.48 bits per heavy atom. The van der Waals surface area contributed by atoms with Crippen LogP contribution in [0.3, 0.4) is 0 Å². The van der Waals surface area contributed by atoms with Crippen molar-refractivity contribution in [1.29, 1.82) is 0 Å². The van der Waals surface area contributed by atoms with E-state index >= 15 is 0 Å². The number of nitrogens with two attached hydrogens (primary N) is 1. The summed E-state index contributed by atoms with van der Waals surface area (Å²) in [5, 5.41) is 29.2. The van der Waals surface area contributed by atoms with Crippen molar-refractivity contribution >= 4 is 67.8 Å². The number of aliphatic carboxylic acids is 2. The zero-order chi connectivity index (χ0) is 32.4. The van der Waals surface area contributed by atoms with E-state index in [1.54, 1.807) is 0 Å². The number of thiol groups is 1. The molecule has 2 aliphatic heterocycles. The Bertz CT molecular complexity index is 1640. The maximum Gasteiger partial charge on any atom is 0.326 e. The summed E-state index contributed by atoms with van der Waals surface area (Å²) >= 11 is 10.6. The van der Waals surface area contributed by atoms with Gasteiger partial charge in [-0.05, 0) is 49.8 Å². The Morgan fingerprint density at radius 1 is 1.18 bits per heavy atom. The summed E-state index contributed by atoms with van der Waals surface area (Å²) in [7, 11) is -8.64. The molecule has 0 aliphatic carbocycles. The van der Waals surface area contributed by atoms with Gasteiger partial charge >= 0.3 is 11.9 Å². The molecule has 0 aromatic heterocycles. The SMILES string of the molecule is NS(=O)(=O)c1cc2c(cc1Cl)N[C@@H](C[C@H](S)C(N[C@@H](CCc1ccccc1)C(=O)O)C(=O)N1CCC[C@H]1C(=O)O)NS2(=O)=O. The van der Waals surface area contributed by atoms with Gasteiger partial charge in [0.25, 0.3) is 0 Å².